The van der Waals surface area contributed by atoms with E-state index in [0.717, 1.165) is 32.8 Å². The number of anilines is 1. The number of hydrogen-bond acceptors (Lipinski definition) is 3. The molecule has 1 amide bonds. The predicted octanol–water partition coefficient (Wildman–Crippen LogP) is 4.86. The zero-order valence-electron chi connectivity index (χ0n) is 11.0. The number of halogens is 1. The number of aryl methyl sites for hydroxylation is 2. The van der Waals surface area contributed by atoms with E-state index < -0.39 is 0 Å². The van der Waals surface area contributed by atoms with Crippen LogP contribution in [0.3, 0.4) is 0 Å². The van der Waals surface area contributed by atoms with Crippen molar-refractivity contribution >= 4 is 50.6 Å². The standard InChI is InChI=1S/C15H14BrNOS2/c1-9-2-3-11(16)7-12(9)17-15(18)14-6-10-8-19-5-4-13(10)20-14/h2-3,6-7H,4-5,8H2,1H3,(H,17,18). The molecule has 1 aliphatic heterocycles. The Labute approximate surface area is 135 Å². The van der Waals surface area contributed by atoms with E-state index in [1.54, 1.807) is 11.3 Å². The van der Waals surface area contributed by atoms with Gasteiger partial charge in [0, 0.05) is 20.8 Å². The summed E-state index contributed by atoms with van der Waals surface area (Å²) in [7, 11) is 0. The summed E-state index contributed by atoms with van der Waals surface area (Å²) < 4.78 is 0.972. The normalized spacial score (nSPS) is 13.9. The molecule has 1 aromatic heterocycles. The number of benzene rings is 1. The van der Waals surface area contributed by atoms with Gasteiger partial charge in [0.05, 0.1) is 4.88 Å². The van der Waals surface area contributed by atoms with Gasteiger partial charge in [-0.3, -0.25) is 4.79 Å². The SMILES string of the molecule is Cc1ccc(Br)cc1NC(=O)c1cc2c(s1)CCSC2. The van der Waals surface area contributed by atoms with E-state index in [-0.39, 0.29) is 5.91 Å². The highest BCUT2D eigenvalue weighted by molar-refractivity contribution is 9.10. The molecule has 0 spiro atoms. The van der Waals surface area contributed by atoms with Gasteiger partial charge in [-0.25, -0.2) is 0 Å². The summed E-state index contributed by atoms with van der Waals surface area (Å²) >= 11 is 7.01. The number of nitrogens with one attached hydrogen (secondary N) is 1. The fourth-order valence-electron chi connectivity index (χ4n) is 2.17. The highest BCUT2D eigenvalue weighted by Gasteiger charge is 2.17. The molecule has 3 rings (SSSR count). The van der Waals surface area contributed by atoms with Crippen molar-refractivity contribution in [3.8, 4) is 0 Å². The number of hydrogen-bond donors (Lipinski definition) is 1. The van der Waals surface area contributed by atoms with Crippen molar-refractivity contribution in [3.05, 3.63) is 49.6 Å². The van der Waals surface area contributed by atoms with Gasteiger partial charge in [-0.15, -0.1) is 11.3 Å². The molecule has 2 nitrogen and oxygen atoms in total. The Morgan fingerprint density at radius 3 is 3.00 bits per heavy atom. The van der Waals surface area contributed by atoms with Crippen LogP contribution in [0, 0.1) is 6.92 Å². The molecular weight excluding hydrogens is 354 g/mol. The number of carbonyl (C=O) groups excluding carboxylic acids is 1. The lowest BCUT2D eigenvalue weighted by Gasteiger charge is -2.08. The third-order valence-electron chi connectivity index (χ3n) is 3.30. The van der Waals surface area contributed by atoms with Crippen molar-refractivity contribution in [1.82, 2.24) is 0 Å². The van der Waals surface area contributed by atoms with Gasteiger partial charge in [-0.05, 0) is 48.4 Å². The topological polar surface area (TPSA) is 29.1 Å². The number of thioether (sulfide) groups is 1. The maximum absolute atomic E-state index is 12.4. The molecule has 20 heavy (non-hydrogen) atoms. The monoisotopic (exact) mass is 367 g/mol. The molecule has 104 valence electrons. The molecule has 2 aromatic rings. The minimum absolute atomic E-state index is 0.00407. The smallest absolute Gasteiger partial charge is 0.265 e. The molecule has 0 saturated carbocycles. The maximum Gasteiger partial charge on any atom is 0.265 e. The Bertz CT molecular complexity index is 642. The van der Waals surface area contributed by atoms with Crippen LogP contribution in [0.25, 0.3) is 0 Å². The maximum atomic E-state index is 12.4. The van der Waals surface area contributed by atoms with E-state index in [2.05, 4.69) is 27.3 Å². The summed E-state index contributed by atoms with van der Waals surface area (Å²) in [5, 5.41) is 3.01. The van der Waals surface area contributed by atoms with Crippen molar-refractivity contribution in [2.45, 2.75) is 19.1 Å². The van der Waals surface area contributed by atoms with Gasteiger partial charge in [0.1, 0.15) is 0 Å². The van der Waals surface area contributed by atoms with Gasteiger partial charge in [0.15, 0.2) is 0 Å². The third kappa shape index (κ3) is 2.95. The fraction of sp³-hybridized carbons (Fsp3) is 0.267. The molecule has 2 heterocycles. The lowest BCUT2D eigenvalue weighted by atomic mass is 10.2. The average molecular weight is 368 g/mol. The summed E-state index contributed by atoms with van der Waals surface area (Å²) in [6, 6.07) is 7.97. The molecular formula is C15H14BrNOS2. The Balaban J connectivity index is 1.82. The summed E-state index contributed by atoms with van der Waals surface area (Å²) in [6.45, 7) is 2.00. The lowest BCUT2D eigenvalue weighted by molar-refractivity contribution is 0.103. The molecule has 0 saturated heterocycles. The van der Waals surface area contributed by atoms with Crippen LogP contribution < -0.4 is 5.32 Å². The Kier molecular flexibility index (Phi) is 4.19. The first-order valence-electron chi connectivity index (χ1n) is 6.40. The van der Waals surface area contributed by atoms with Gasteiger partial charge < -0.3 is 5.32 Å². The Morgan fingerprint density at radius 2 is 2.20 bits per heavy atom. The molecule has 1 aliphatic rings. The molecule has 0 bridgehead atoms. The zero-order chi connectivity index (χ0) is 14.1. The van der Waals surface area contributed by atoms with Crippen LogP contribution in [-0.2, 0) is 12.2 Å². The highest BCUT2D eigenvalue weighted by atomic mass is 79.9. The molecule has 1 N–H and O–H groups in total. The molecule has 0 atom stereocenters. The second-order valence-electron chi connectivity index (χ2n) is 4.78. The largest absolute Gasteiger partial charge is 0.321 e. The van der Waals surface area contributed by atoms with E-state index in [4.69, 9.17) is 0 Å². The molecule has 0 fully saturated rings. The third-order valence-corrected chi connectivity index (χ3v) is 6.04. The number of thiophene rings is 1. The van der Waals surface area contributed by atoms with Crippen LogP contribution in [0.5, 0.6) is 0 Å². The molecule has 0 unspecified atom stereocenters. The summed E-state index contributed by atoms with van der Waals surface area (Å²) in [5.74, 6) is 2.20. The minimum Gasteiger partial charge on any atom is -0.321 e. The van der Waals surface area contributed by atoms with Crippen molar-refractivity contribution in [1.29, 1.82) is 0 Å². The molecule has 5 heteroatoms. The van der Waals surface area contributed by atoms with E-state index in [9.17, 15) is 4.79 Å². The Hall–Kier alpha value is -0.780. The first-order chi connectivity index (χ1) is 9.63. The lowest BCUT2D eigenvalue weighted by Crippen LogP contribution is -2.11. The van der Waals surface area contributed by atoms with E-state index in [0.29, 0.717) is 0 Å². The molecule has 0 radical (unpaired) electrons. The van der Waals surface area contributed by atoms with E-state index in [1.165, 1.54) is 16.2 Å². The molecule has 1 aromatic carbocycles. The fourth-order valence-corrected chi connectivity index (χ4v) is 4.80. The van der Waals surface area contributed by atoms with Crippen molar-refractivity contribution in [2.75, 3.05) is 11.1 Å². The summed E-state index contributed by atoms with van der Waals surface area (Å²) in [6.07, 6.45) is 1.09. The average Bonchev–Trinajstić information content (AvgIpc) is 2.87. The quantitative estimate of drug-likeness (QED) is 0.820. The second kappa shape index (κ2) is 5.92. The van der Waals surface area contributed by atoms with Crippen LogP contribution in [0.1, 0.15) is 25.7 Å². The Morgan fingerprint density at radius 1 is 1.35 bits per heavy atom. The summed E-state index contributed by atoms with van der Waals surface area (Å²) in [5.41, 5.74) is 3.27. The predicted molar refractivity (Wildman–Crippen MR) is 91.0 cm³/mol. The molecule has 0 aliphatic carbocycles. The van der Waals surface area contributed by atoms with Crippen LogP contribution in [0.4, 0.5) is 5.69 Å². The number of rotatable bonds is 2. The van der Waals surface area contributed by atoms with Gasteiger partial charge in [-0.1, -0.05) is 22.0 Å². The van der Waals surface area contributed by atoms with Gasteiger partial charge in [0.2, 0.25) is 0 Å². The van der Waals surface area contributed by atoms with E-state index >= 15 is 0 Å². The van der Waals surface area contributed by atoms with Crippen LogP contribution >= 0.6 is 39.0 Å². The minimum atomic E-state index is -0.00407. The van der Waals surface area contributed by atoms with Crippen molar-refractivity contribution in [2.24, 2.45) is 0 Å². The van der Waals surface area contributed by atoms with Crippen LogP contribution in [0.15, 0.2) is 28.7 Å². The summed E-state index contributed by atoms with van der Waals surface area (Å²) in [4.78, 5) is 14.6. The first kappa shape index (κ1) is 14.2. The number of fused-ring (bicyclic) bond motifs is 1. The van der Waals surface area contributed by atoms with Crippen LogP contribution in [-0.4, -0.2) is 11.7 Å². The van der Waals surface area contributed by atoms with Crippen molar-refractivity contribution in [3.63, 3.8) is 0 Å². The number of carbonyl (C=O) groups is 1. The first-order valence-corrected chi connectivity index (χ1v) is 9.17. The second-order valence-corrected chi connectivity index (χ2v) is 7.93. The van der Waals surface area contributed by atoms with Gasteiger partial charge >= 0.3 is 0 Å². The van der Waals surface area contributed by atoms with E-state index in [1.807, 2.05) is 36.9 Å². The van der Waals surface area contributed by atoms with Gasteiger partial charge in [0.25, 0.3) is 5.91 Å². The zero-order valence-corrected chi connectivity index (χ0v) is 14.3. The number of amides is 1. The van der Waals surface area contributed by atoms with Crippen LogP contribution in [0.2, 0.25) is 0 Å². The van der Waals surface area contributed by atoms with Crippen molar-refractivity contribution < 1.29 is 4.79 Å². The van der Waals surface area contributed by atoms with Gasteiger partial charge in [-0.2, -0.15) is 11.8 Å². The highest BCUT2D eigenvalue weighted by Crippen LogP contribution is 2.32.